The average molecular weight is 1030 g/mol. The van der Waals surface area contributed by atoms with Gasteiger partial charge in [0.25, 0.3) is 0 Å². The summed E-state index contributed by atoms with van der Waals surface area (Å²) in [6.07, 6.45) is -4.86. The Bertz CT molecular complexity index is 2080. The highest BCUT2D eigenvalue weighted by atomic mass is 19.4. The van der Waals surface area contributed by atoms with Crippen molar-refractivity contribution in [1.82, 2.24) is 0 Å². The number of hydrogen-bond acceptors (Lipinski definition) is 15. The molecule has 0 aliphatic carbocycles. The summed E-state index contributed by atoms with van der Waals surface area (Å²) in [5.74, 6) is -5.51. The predicted molar refractivity (Wildman–Crippen MR) is 265 cm³/mol. The number of halogens is 3. The van der Waals surface area contributed by atoms with Crippen LogP contribution in [0.3, 0.4) is 0 Å². The van der Waals surface area contributed by atoms with Crippen LogP contribution in [0.1, 0.15) is 150 Å². The van der Waals surface area contributed by atoms with Crippen molar-refractivity contribution >= 4 is 58.6 Å². The monoisotopic (exact) mass is 1030 g/mol. The van der Waals surface area contributed by atoms with Crippen LogP contribution in [-0.4, -0.2) is 119 Å². The molecule has 0 unspecified atom stereocenters. The van der Waals surface area contributed by atoms with E-state index >= 15 is 0 Å². The van der Waals surface area contributed by atoms with Gasteiger partial charge < -0.3 is 59.6 Å². The number of amides is 3. The van der Waals surface area contributed by atoms with Gasteiger partial charge in [-0.1, -0.05) is 55.4 Å². The van der Waals surface area contributed by atoms with Crippen LogP contribution in [0.15, 0.2) is 24.3 Å². The standard InChI is InChI=1S/C51H77F3N4O14/c1-29(2)13-17-65-33(9)25-69-45(59)37-21-38(46(60)70-26-34(10)66-18-14-30(3)4)42(23-41(37)55)57-50(64)58-44-24-43(56-49(63)51(52,53)54)39(47(61)71-27-35(11)67-19-15-31(5)6)22-40(44)48(62)72-28-36(12)68-20-16-32(7)8/h21-24,29-36H,13-20,25-28,55H2,1-12H3,(H,56,63)(H2,57,58,64)/t33-,34-,35-,36-/m0/s1. The molecule has 2 rings (SSSR count). The Morgan fingerprint density at radius 1 is 0.444 bits per heavy atom. The molecule has 0 radical (unpaired) electrons. The topological polar surface area (TPSA) is 238 Å². The largest absolute Gasteiger partial charge is 0.471 e. The molecule has 5 N–H and O–H groups in total. The number of nitrogens with two attached hydrogens (primary N) is 1. The molecule has 2 aromatic rings. The predicted octanol–water partition coefficient (Wildman–Crippen LogP) is 9.85. The van der Waals surface area contributed by atoms with Gasteiger partial charge in [0.15, 0.2) is 0 Å². The molecule has 3 amide bonds. The van der Waals surface area contributed by atoms with Gasteiger partial charge in [0.05, 0.1) is 63.7 Å². The second-order valence-electron chi connectivity index (χ2n) is 19.3. The summed E-state index contributed by atoms with van der Waals surface area (Å²) < 4.78 is 85.8. The van der Waals surface area contributed by atoms with Crippen LogP contribution in [0.4, 0.5) is 40.7 Å². The van der Waals surface area contributed by atoms with E-state index in [-0.39, 0.29) is 48.9 Å². The van der Waals surface area contributed by atoms with Gasteiger partial charge in [-0.25, -0.2) is 24.0 Å². The first kappa shape index (κ1) is 62.6. The molecule has 0 heterocycles. The van der Waals surface area contributed by atoms with Gasteiger partial charge >= 0.3 is 42.0 Å². The van der Waals surface area contributed by atoms with E-state index in [1.165, 1.54) is 0 Å². The molecule has 0 bridgehead atoms. The molecule has 406 valence electrons. The number of anilines is 4. The van der Waals surface area contributed by atoms with E-state index < -0.39 is 88.9 Å². The highest BCUT2D eigenvalue weighted by Gasteiger charge is 2.40. The van der Waals surface area contributed by atoms with E-state index in [2.05, 4.69) is 10.6 Å². The fourth-order valence-electron chi connectivity index (χ4n) is 5.97. The van der Waals surface area contributed by atoms with Crippen molar-refractivity contribution in [3.63, 3.8) is 0 Å². The lowest BCUT2D eigenvalue weighted by molar-refractivity contribution is -0.167. The van der Waals surface area contributed by atoms with E-state index in [9.17, 15) is 41.9 Å². The summed E-state index contributed by atoms with van der Waals surface area (Å²) in [5.41, 5.74) is 2.43. The summed E-state index contributed by atoms with van der Waals surface area (Å²) in [7, 11) is 0. The van der Waals surface area contributed by atoms with E-state index in [0.717, 1.165) is 37.1 Å². The summed E-state index contributed by atoms with van der Waals surface area (Å²) in [6.45, 7) is 23.1. The molecule has 4 atom stereocenters. The van der Waals surface area contributed by atoms with Crippen LogP contribution >= 0.6 is 0 Å². The van der Waals surface area contributed by atoms with Crippen molar-refractivity contribution in [2.75, 3.05) is 74.5 Å². The normalized spacial score (nSPS) is 13.4. The van der Waals surface area contributed by atoms with E-state index in [1.807, 2.05) is 55.4 Å². The zero-order valence-corrected chi connectivity index (χ0v) is 43.8. The first-order chi connectivity index (χ1) is 33.7. The number of urea groups is 1. The zero-order valence-electron chi connectivity index (χ0n) is 43.8. The first-order valence-electron chi connectivity index (χ1n) is 24.4. The molecule has 21 heteroatoms. The quantitative estimate of drug-likeness (QED) is 0.0312. The number of esters is 4. The molecule has 72 heavy (non-hydrogen) atoms. The van der Waals surface area contributed by atoms with Crippen molar-refractivity contribution in [3.05, 3.63) is 46.5 Å². The maximum atomic E-state index is 14.0. The molecule has 0 aliphatic rings. The molecule has 2 aromatic carbocycles. The fourth-order valence-corrected chi connectivity index (χ4v) is 5.97. The molecular weight excluding hydrogens is 950 g/mol. The van der Waals surface area contributed by atoms with E-state index in [0.29, 0.717) is 62.9 Å². The van der Waals surface area contributed by atoms with E-state index in [4.69, 9.17) is 43.6 Å². The average Bonchev–Trinajstić information content (AvgIpc) is 3.27. The molecule has 0 aliphatic heterocycles. The molecular formula is C51H77F3N4O14. The minimum absolute atomic E-state index is 0.160. The third-order valence-electron chi connectivity index (χ3n) is 10.4. The number of ether oxygens (including phenoxy) is 8. The summed E-state index contributed by atoms with van der Waals surface area (Å²) in [5, 5.41) is 6.36. The third kappa shape index (κ3) is 23.8. The number of nitrogen functional groups attached to an aromatic ring is 1. The lowest BCUT2D eigenvalue weighted by Crippen LogP contribution is -2.31. The van der Waals surface area contributed by atoms with Crippen molar-refractivity contribution in [3.8, 4) is 0 Å². The summed E-state index contributed by atoms with van der Waals surface area (Å²) >= 11 is 0. The number of rotatable bonds is 31. The van der Waals surface area contributed by atoms with Crippen LogP contribution in [0, 0.1) is 23.7 Å². The Hall–Kier alpha value is -5.51. The maximum absolute atomic E-state index is 14.0. The Labute approximate surface area is 421 Å². The molecule has 0 saturated carbocycles. The van der Waals surface area contributed by atoms with Gasteiger partial charge in [-0.05, 0) is 101 Å². The Morgan fingerprint density at radius 2 is 0.722 bits per heavy atom. The number of carbonyl (C=O) groups excluding carboxylic acids is 6. The van der Waals surface area contributed by atoms with Crippen molar-refractivity contribution < 1.29 is 79.8 Å². The van der Waals surface area contributed by atoms with Crippen molar-refractivity contribution in [2.24, 2.45) is 23.7 Å². The number of hydrogen-bond donors (Lipinski definition) is 4. The lowest BCUT2D eigenvalue weighted by atomic mass is 10.0. The van der Waals surface area contributed by atoms with Crippen molar-refractivity contribution in [1.29, 1.82) is 0 Å². The third-order valence-corrected chi connectivity index (χ3v) is 10.4. The molecule has 0 saturated heterocycles. The SMILES string of the molecule is CC(C)CCO[C@@H](C)COC(=O)c1cc(C(=O)OC[C@H](C)OCCC(C)C)c(NC(=O)Nc2cc(NC(=O)C(F)(F)F)c(C(=O)OC[C@H](C)OCCC(C)C)cc2C(=O)OC[C@H](C)OCCC(C)C)cc1N. The first-order valence-corrected chi connectivity index (χ1v) is 24.4. The van der Waals surface area contributed by atoms with Crippen LogP contribution in [0.25, 0.3) is 0 Å². The van der Waals surface area contributed by atoms with Gasteiger partial charge in [-0.2, -0.15) is 13.2 Å². The highest BCUT2D eigenvalue weighted by molar-refractivity contribution is 6.12. The molecule has 0 aromatic heterocycles. The number of nitrogens with one attached hydrogen (secondary N) is 3. The smallest absolute Gasteiger partial charge is 0.459 e. The Kier molecular flexibility index (Phi) is 27.1. The number of alkyl halides is 3. The zero-order chi connectivity index (χ0) is 54.3. The van der Waals surface area contributed by atoms with Crippen LogP contribution < -0.4 is 21.7 Å². The lowest BCUT2D eigenvalue weighted by Gasteiger charge is -2.20. The molecule has 0 fully saturated rings. The number of carbonyl (C=O) groups is 6. The van der Waals surface area contributed by atoms with Crippen LogP contribution in [0.5, 0.6) is 0 Å². The minimum atomic E-state index is -5.45. The second kappa shape index (κ2) is 31.2. The van der Waals surface area contributed by atoms with Gasteiger partial charge in [0.1, 0.15) is 26.4 Å². The van der Waals surface area contributed by atoms with Gasteiger partial charge in [0.2, 0.25) is 0 Å². The van der Waals surface area contributed by atoms with Gasteiger partial charge in [-0.15, -0.1) is 0 Å². The fraction of sp³-hybridized carbons (Fsp3) is 0.647. The molecule has 0 spiro atoms. The van der Waals surface area contributed by atoms with Crippen molar-refractivity contribution in [2.45, 2.75) is 139 Å². The second-order valence-corrected chi connectivity index (χ2v) is 19.3. The Balaban J connectivity index is 2.66. The highest BCUT2D eigenvalue weighted by Crippen LogP contribution is 2.31. The van der Waals surface area contributed by atoms with E-state index in [1.54, 1.807) is 33.0 Å². The summed E-state index contributed by atoms with van der Waals surface area (Å²) in [6, 6.07) is 2.43. The van der Waals surface area contributed by atoms with Gasteiger partial charge in [-0.3, -0.25) is 4.79 Å². The van der Waals surface area contributed by atoms with Gasteiger partial charge in [0, 0.05) is 32.1 Å². The minimum Gasteiger partial charge on any atom is -0.459 e. The van der Waals surface area contributed by atoms with Crippen LogP contribution in [-0.2, 0) is 42.7 Å². The number of benzene rings is 2. The Morgan fingerprint density at radius 3 is 1.03 bits per heavy atom. The maximum Gasteiger partial charge on any atom is 0.471 e. The van der Waals surface area contributed by atoms with Crippen LogP contribution in [0.2, 0.25) is 0 Å². The summed E-state index contributed by atoms with van der Waals surface area (Å²) in [4.78, 5) is 80.9. The molecule has 18 nitrogen and oxygen atoms in total.